The van der Waals surface area contributed by atoms with Gasteiger partial charge in [-0.2, -0.15) is 0 Å². The van der Waals surface area contributed by atoms with E-state index in [9.17, 15) is 4.79 Å². The van der Waals surface area contributed by atoms with Gasteiger partial charge in [0.1, 0.15) is 0 Å². The number of thiophene rings is 1. The third-order valence-electron chi connectivity index (χ3n) is 2.71. The molecule has 4 heteroatoms. The maximum absolute atomic E-state index is 10.3. The van der Waals surface area contributed by atoms with Gasteiger partial charge in [0.15, 0.2) is 0 Å². The average Bonchev–Trinajstić information content (AvgIpc) is 2.99. The summed E-state index contributed by atoms with van der Waals surface area (Å²) in [6, 6.07) is 16.1. The van der Waals surface area contributed by atoms with Gasteiger partial charge in [-0.15, -0.1) is 11.3 Å². The van der Waals surface area contributed by atoms with Gasteiger partial charge in [0.2, 0.25) is 5.91 Å². The minimum Gasteiger partial charge on any atom is -0.370 e. The Hall–Kier alpha value is -2.20. The first-order valence-corrected chi connectivity index (χ1v) is 7.24. The smallest absolute Gasteiger partial charge is 0.217 e. The van der Waals surface area contributed by atoms with Crippen LogP contribution in [-0.4, -0.2) is 10.9 Å². The zero-order chi connectivity index (χ0) is 14.2. The first kappa shape index (κ1) is 14.2. The second-order valence-corrected chi connectivity index (χ2v) is 5.27. The van der Waals surface area contributed by atoms with E-state index in [4.69, 9.17) is 5.73 Å². The number of amides is 1. The number of pyridine rings is 1. The molecule has 1 amide bonds. The molecule has 3 rings (SSSR count). The number of para-hydroxylation sites is 1. The highest BCUT2D eigenvalue weighted by Crippen LogP contribution is 2.10. The largest absolute Gasteiger partial charge is 0.370 e. The molecule has 2 aromatic heterocycles. The Morgan fingerprint density at radius 3 is 2.60 bits per heavy atom. The minimum absolute atomic E-state index is 0.228. The summed E-state index contributed by atoms with van der Waals surface area (Å²) in [5.74, 6) is -0.228. The SMILES string of the molecule is NC(=O)CCc1cccs1.c1ccc2ncccc2c1. The number of rotatable bonds is 3. The first-order chi connectivity index (χ1) is 9.75. The van der Waals surface area contributed by atoms with E-state index in [0.29, 0.717) is 6.42 Å². The molecular formula is C16H16N2OS. The van der Waals surface area contributed by atoms with Crippen molar-refractivity contribution in [2.75, 3.05) is 0 Å². The Morgan fingerprint density at radius 2 is 1.90 bits per heavy atom. The van der Waals surface area contributed by atoms with Gasteiger partial charge in [0, 0.05) is 22.9 Å². The lowest BCUT2D eigenvalue weighted by atomic mass is 10.2. The van der Waals surface area contributed by atoms with Crippen LogP contribution in [-0.2, 0) is 11.2 Å². The lowest BCUT2D eigenvalue weighted by Gasteiger charge is -1.91. The van der Waals surface area contributed by atoms with Crippen LogP contribution in [0.3, 0.4) is 0 Å². The van der Waals surface area contributed by atoms with Gasteiger partial charge in [0.25, 0.3) is 0 Å². The van der Waals surface area contributed by atoms with Crippen LogP contribution in [0.5, 0.6) is 0 Å². The van der Waals surface area contributed by atoms with Crippen molar-refractivity contribution in [1.82, 2.24) is 4.98 Å². The van der Waals surface area contributed by atoms with Crippen LogP contribution < -0.4 is 5.73 Å². The van der Waals surface area contributed by atoms with Crippen LogP contribution in [0, 0.1) is 0 Å². The number of primary amides is 1. The number of carbonyl (C=O) groups is 1. The molecule has 3 aromatic rings. The lowest BCUT2D eigenvalue weighted by molar-refractivity contribution is -0.117. The van der Waals surface area contributed by atoms with Gasteiger partial charge >= 0.3 is 0 Å². The summed E-state index contributed by atoms with van der Waals surface area (Å²) in [5, 5.41) is 3.20. The summed E-state index contributed by atoms with van der Waals surface area (Å²) in [7, 11) is 0. The lowest BCUT2D eigenvalue weighted by Crippen LogP contribution is -2.10. The van der Waals surface area contributed by atoms with E-state index >= 15 is 0 Å². The Kier molecular flexibility index (Phi) is 5.26. The summed E-state index contributed by atoms with van der Waals surface area (Å²) in [4.78, 5) is 15.7. The molecule has 2 heterocycles. The van der Waals surface area contributed by atoms with Crippen LogP contribution in [0.2, 0.25) is 0 Å². The molecule has 102 valence electrons. The number of aryl methyl sites for hydroxylation is 1. The summed E-state index contributed by atoms with van der Waals surface area (Å²) in [6.07, 6.45) is 3.05. The Bertz CT molecular complexity index is 600. The summed E-state index contributed by atoms with van der Waals surface area (Å²) < 4.78 is 0. The molecule has 20 heavy (non-hydrogen) atoms. The van der Waals surface area contributed by atoms with Crippen LogP contribution in [0.1, 0.15) is 11.3 Å². The van der Waals surface area contributed by atoms with Crippen LogP contribution in [0.4, 0.5) is 0 Å². The van der Waals surface area contributed by atoms with Crippen molar-refractivity contribution in [3.63, 3.8) is 0 Å². The Labute approximate surface area is 122 Å². The molecule has 0 fully saturated rings. The highest BCUT2D eigenvalue weighted by Gasteiger charge is 1.96. The molecule has 0 atom stereocenters. The van der Waals surface area contributed by atoms with Gasteiger partial charge < -0.3 is 5.73 Å². The monoisotopic (exact) mass is 284 g/mol. The van der Waals surface area contributed by atoms with Crippen molar-refractivity contribution in [2.45, 2.75) is 12.8 Å². The molecule has 0 aliphatic carbocycles. The molecule has 3 nitrogen and oxygen atoms in total. The highest BCUT2D eigenvalue weighted by molar-refractivity contribution is 7.09. The van der Waals surface area contributed by atoms with E-state index in [-0.39, 0.29) is 5.91 Å². The van der Waals surface area contributed by atoms with Gasteiger partial charge in [-0.3, -0.25) is 9.78 Å². The number of nitrogens with zero attached hydrogens (tertiary/aromatic N) is 1. The molecule has 2 N–H and O–H groups in total. The third kappa shape index (κ3) is 4.48. The second kappa shape index (κ2) is 7.40. The van der Waals surface area contributed by atoms with E-state index in [2.05, 4.69) is 17.1 Å². The molecular weight excluding hydrogens is 268 g/mol. The number of hydrogen-bond acceptors (Lipinski definition) is 3. The zero-order valence-corrected chi connectivity index (χ0v) is 11.8. The molecule has 0 unspecified atom stereocenters. The van der Waals surface area contributed by atoms with Gasteiger partial charge in [-0.25, -0.2) is 0 Å². The maximum atomic E-state index is 10.3. The van der Waals surface area contributed by atoms with E-state index in [0.717, 1.165) is 11.9 Å². The van der Waals surface area contributed by atoms with Crippen LogP contribution in [0.25, 0.3) is 10.9 Å². The molecule has 0 radical (unpaired) electrons. The highest BCUT2D eigenvalue weighted by atomic mass is 32.1. The van der Waals surface area contributed by atoms with E-state index in [1.54, 1.807) is 11.3 Å². The van der Waals surface area contributed by atoms with Crippen LogP contribution >= 0.6 is 11.3 Å². The van der Waals surface area contributed by atoms with Crippen molar-refractivity contribution in [2.24, 2.45) is 5.73 Å². The van der Waals surface area contributed by atoms with Gasteiger partial charge in [-0.05, 0) is 30.0 Å². The molecule has 1 aromatic carbocycles. The average molecular weight is 284 g/mol. The zero-order valence-electron chi connectivity index (χ0n) is 11.0. The molecule has 0 bridgehead atoms. The van der Waals surface area contributed by atoms with Crippen molar-refractivity contribution >= 4 is 28.1 Å². The van der Waals surface area contributed by atoms with Crippen molar-refractivity contribution < 1.29 is 4.79 Å². The van der Waals surface area contributed by atoms with E-state index < -0.39 is 0 Å². The fourth-order valence-electron chi connectivity index (χ4n) is 1.72. The number of nitrogens with two attached hydrogens (primary N) is 1. The number of aromatic nitrogens is 1. The summed E-state index contributed by atoms with van der Waals surface area (Å²) in [6.45, 7) is 0. The number of benzene rings is 1. The molecule has 0 saturated heterocycles. The fraction of sp³-hybridized carbons (Fsp3) is 0.125. The second-order valence-electron chi connectivity index (χ2n) is 4.24. The van der Waals surface area contributed by atoms with E-state index in [1.165, 1.54) is 10.3 Å². The molecule has 0 aliphatic heterocycles. The Balaban J connectivity index is 0.000000147. The predicted octanol–water partition coefficient (Wildman–Crippen LogP) is 3.40. The topological polar surface area (TPSA) is 56.0 Å². The van der Waals surface area contributed by atoms with Gasteiger partial charge in [-0.1, -0.05) is 30.3 Å². The quantitative estimate of drug-likeness (QED) is 0.801. The summed E-state index contributed by atoms with van der Waals surface area (Å²) >= 11 is 1.66. The van der Waals surface area contributed by atoms with Crippen molar-refractivity contribution in [1.29, 1.82) is 0 Å². The third-order valence-corrected chi connectivity index (χ3v) is 3.65. The maximum Gasteiger partial charge on any atom is 0.217 e. The number of hydrogen-bond donors (Lipinski definition) is 1. The normalized spacial score (nSPS) is 9.80. The molecule has 0 spiro atoms. The van der Waals surface area contributed by atoms with Crippen molar-refractivity contribution in [3.05, 3.63) is 65.0 Å². The summed E-state index contributed by atoms with van der Waals surface area (Å²) in [5.41, 5.74) is 6.03. The molecule has 0 saturated carbocycles. The number of fused-ring (bicyclic) bond motifs is 1. The first-order valence-electron chi connectivity index (χ1n) is 6.36. The minimum atomic E-state index is -0.228. The Morgan fingerprint density at radius 1 is 1.10 bits per heavy atom. The van der Waals surface area contributed by atoms with Crippen molar-refractivity contribution in [3.8, 4) is 0 Å². The van der Waals surface area contributed by atoms with Crippen LogP contribution in [0.15, 0.2) is 60.1 Å². The number of carbonyl (C=O) groups excluding carboxylic acids is 1. The molecule has 0 aliphatic rings. The van der Waals surface area contributed by atoms with Gasteiger partial charge in [0.05, 0.1) is 5.52 Å². The van der Waals surface area contributed by atoms with E-state index in [1.807, 2.05) is 48.0 Å². The standard InChI is InChI=1S/C9H7N.C7H9NOS/c1-2-6-9-8(4-1)5-3-7-10-9;8-7(9)4-3-6-2-1-5-10-6/h1-7H;1-2,5H,3-4H2,(H2,8,9). The predicted molar refractivity (Wildman–Crippen MR) is 83.6 cm³/mol. The fourth-order valence-corrected chi connectivity index (χ4v) is 2.43.